The molecule has 0 aromatic rings. The minimum absolute atomic E-state index is 0.266. The average Bonchev–Trinajstić information content (AvgIpc) is 2.47. The van der Waals surface area contributed by atoms with Crippen LogP contribution in [0.3, 0.4) is 0 Å². The van der Waals surface area contributed by atoms with Crippen molar-refractivity contribution in [3.8, 4) is 0 Å². The summed E-state index contributed by atoms with van der Waals surface area (Å²) < 4.78 is 6.65. The van der Waals surface area contributed by atoms with E-state index in [9.17, 15) is 0 Å². The monoisotopic (exact) mass is 308 g/mol. The van der Waals surface area contributed by atoms with Crippen molar-refractivity contribution in [1.29, 1.82) is 0 Å². The van der Waals surface area contributed by atoms with Gasteiger partial charge in [0, 0.05) is 0 Å². The lowest BCUT2D eigenvalue weighted by Crippen LogP contribution is -2.43. The van der Waals surface area contributed by atoms with Crippen molar-refractivity contribution >= 4 is 15.2 Å². The fraction of sp³-hybridized carbons (Fsp3) is 0.889. The first kappa shape index (κ1) is 19.0. The molecule has 0 saturated heterocycles. The highest BCUT2D eigenvalue weighted by atomic mass is 28.4. The van der Waals surface area contributed by atoms with E-state index in [2.05, 4.69) is 47.3 Å². The third-order valence-electron chi connectivity index (χ3n) is 5.48. The molecule has 0 spiro atoms. The van der Waals surface area contributed by atoms with Gasteiger partial charge in [0.1, 0.15) is 0 Å². The Morgan fingerprint density at radius 1 is 1.05 bits per heavy atom. The van der Waals surface area contributed by atoms with Gasteiger partial charge >= 0.3 is 0 Å². The maximum atomic E-state index is 6.65. The Balaban J connectivity index is 3.15. The Morgan fingerprint density at radius 2 is 1.57 bits per heavy atom. The minimum Gasteiger partial charge on any atom is -0.476 e. The van der Waals surface area contributed by atoms with E-state index in [0.29, 0.717) is 6.92 Å². The second-order valence-corrected chi connectivity index (χ2v) is 12.2. The predicted octanol–water partition coefficient (Wildman–Crippen LogP) is 6.69. The summed E-state index contributed by atoms with van der Waals surface area (Å²) >= 11 is 0. The first-order chi connectivity index (χ1) is 9.80. The Bertz CT molecular complexity index is 345. The molecule has 1 aliphatic rings. The van der Waals surface area contributed by atoms with Gasteiger partial charge in [0.2, 0.25) is 0 Å². The summed E-state index contributed by atoms with van der Waals surface area (Å²) in [5.41, 5.74) is 3.43. The van der Waals surface area contributed by atoms with Crippen LogP contribution in [0.25, 0.3) is 0 Å². The lowest BCUT2D eigenvalue weighted by atomic mass is 9.39. The molecular weight excluding hydrogens is 271 g/mol. The molecular formula is C18H37BOSi. The van der Waals surface area contributed by atoms with Gasteiger partial charge in [-0.15, -0.1) is 0 Å². The molecule has 0 aliphatic heterocycles. The Labute approximate surface area is 135 Å². The lowest BCUT2D eigenvalue weighted by Gasteiger charge is -2.42. The normalized spacial score (nSPS) is 17.0. The zero-order valence-corrected chi connectivity index (χ0v) is 16.6. The third kappa shape index (κ3) is 4.72. The molecule has 122 valence electrons. The van der Waals surface area contributed by atoms with Gasteiger partial charge in [-0.1, -0.05) is 57.5 Å². The standard InChI is InChI=1S/C18H37BOSi/c1-8-18(9-2,19(10-3)20-21(5,6)7)16(4)17-14-12-11-13-15-17/h8-15H2,1-7H3. The van der Waals surface area contributed by atoms with E-state index in [1.54, 1.807) is 11.1 Å². The van der Waals surface area contributed by atoms with Gasteiger partial charge in [-0.05, 0) is 57.6 Å². The van der Waals surface area contributed by atoms with Crippen molar-refractivity contribution in [2.45, 2.75) is 104 Å². The number of hydrogen-bond donors (Lipinski definition) is 0. The van der Waals surface area contributed by atoms with Crippen LogP contribution in [0.2, 0.25) is 31.3 Å². The van der Waals surface area contributed by atoms with Crippen molar-refractivity contribution < 1.29 is 4.34 Å². The maximum absolute atomic E-state index is 6.65. The van der Waals surface area contributed by atoms with E-state index in [4.69, 9.17) is 4.34 Å². The molecule has 1 fully saturated rings. The quantitative estimate of drug-likeness (QED) is 0.376. The molecule has 21 heavy (non-hydrogen) atoms. The Morgan fingerprint density at radius 3 is 1.95 bits per heavy atom. The largest absolute Gasteiger partial charge is 0.476 e. The first-order valence-electron chi connectivity index (χ1n) is 9.17. The molecule has 0 N–H and O–H groups in total. The van der Waals surface area contributed by atoms with E-state index in [1.807, 2.05) is 0 Å². The minimum atomic E-state index is -1.50. The van der Waals surface area contributed by atoms with E-state index in [0.717, 1.165) is 6.32 Å². The molecule has 0 aromatic heterocycles. The lowest BCUT2D eigenvalue weighted by molar-refractivity contribution is 0.459. The zero-order valence-electron chi connectivity index (χ0n) is 15.6. The molecule has 0 bridgehead atoms. The van der Waals surface area contributed by atoms with Crippen molar-refractivity contribution in [3.63, 3.8) is 0 Å². The van der Waals surface area contributed by atoms with Crippen LogP contribution in [0.5, 0.6) is 0 Å². The van der Waals surface area contributed by atoms with Crippen molar-refractivity contribution in [3.05, 3.63) is 11.1 Å². The van der Waals surface area contributed by atoms with Crippen LogP contribution in [0.15, 0.2) is 11.1 Å². The van der Waals surface area contributed by atoms with Gasteiger partial charge in [-0.3, -0.25) is 0 Å². The van der Waals surface area contributed by atoms with E-state index in [-0.39, 0.29) is 5.31 Å². The average molecular weight is 308 g/mol. The van der Waals surface area contributed by atoms with Crippen molar-refractivity contribution in [1.82, 2.24) is 0 Å². The molecule has 1 saturated carbocycles. The first-order valence-corrected chi connectivity index (χ1v) is 12.6. The highest BCUT2D eigenvalue weighted by Crippen LogP contribution is 2.50. The fourth-order valence-electron chi connectivity index (χ4n) is 4.20. The topological polar surface area (TPSA) is 9.23 Å². The predicted molar refractivity (Wildman–Crippen MR) is 99.7 cm³/mol. The summed E-state index contributed by atoms with van der Waals surface area (Å²) in [4.78, 5) is 0. The van der Waals surface area contributed by atoms with Crippen LogP contribution < -0.4 is 0 Å². The summed E-state index contributed by atoms with van der Waals surface area (Å²) in [7, 11) is -1.50. The number of allylic oxidation sites excluding steroid dienone is 2. The zero-order chi connectivity index (χ0) is 16.1. The van der Waals surface area contributed by atoms with E-state index >= 15 is 0 Å². The van der Waals surface area contributed by atoms with Crippen molar-refractivity contribution in [2.24, 2.45) is 0 Å². The number of hydrogen-bond acceptors (Lipinski definition) is 1. The summed E-state index contributed by atoms with van der Waals surface area (Å²) in [6, 6.07) is 0. The fourth-order valence-corrected chi connectivity index (χ4v) is 5.44. The molecule has 0 unspecified atom stereocenters. The second-order valence-electron chi connectivity index (χ2n) is 7.78. The molecule has 0 radical (unpaired) electrons. The molecule has 1 nitrogen and oxygen atoms in total. The summed E-state index contributed by atoms with van der Waals surface area (Å²) in [6.07, 6.45) is 10.4. The second kappa shape index (κ2) is 8.01. The van der Waals surface area contributed by atoms with Crippen LogP contribution in [0.1, 0.15) is 72.6 Å². The van der Waals surface area contributed by atoms with Crippen LogP contribution in [0, 0.1) is 0 Å². The molecule has 0 aromatic carbocycles. The van der Waals surface area contributed by atoms with Gasteiger partial charge in [-0.2, -0.15) is 0 Å². The van der Waals surface area contributed by atoms with Crippen LogP contribution >= 0.6 is 0 Å². The van der Waals surface area contributed by atoms with Gasteiger partial charge in [0.25, 0.3) is 6.92 Å². The SMILES string of the molecule is CCB(O[Si](C)(C)C)C(CC)(CC)C(C)=C1CCCCC1. The van der Waals surface area contributed by atoms with E-state index < -0.39 is 8.32 Å². The highest BCUT2D eigenvalue weighted by Gasteiger charge is 2.43. The van der Waals surface area contributed by atoms with Crippen LogP contribution in [-0.4, -0.2) is 15.2 Å². The summed E-state index contributed by atoms with van der Waals surface area (Å²) in [5.74, 6) is 0. The van der Waals surface area contributed by atoms with Crippen molar-refractivity contribution in [2.75, 3.05) is 0 Å². The van der Waals surface area contributed by atoms with Gasteiger partial charge in [0.15, 0.2) is 8.32 Å². The number of rotatable bonds is 7. The summed E-state index contributed by atoms with van der Waals surface area (Å²) in [6.45, 7) is 16.8. The molecule has 3 heteroatoms. The molecule has 0 heterocycles. The third-order valence-corrected chi connectivity index (χ3v) is 6.47. The van der Waals surface area contributed by atoms with Gasteiger partial charge < -0.3 is 4.34 Å². The van der Waals surface area contributed by atoms with Crippen LogP contribution in [-0.2, 0) is 4.34 Å². The van der Waals surface area contributed by atoms with Gasteiger partial charge in [0.05, 0.1) is 0 Å². The maximum Gasteiger partial charge on any atom is 0.291 e. The highest BCUT2D eigenvalue weighted by molar-refractivity contribution is 6.78. The molecule has 0 amide bonds. The smallest absolute Gasteiger partial charge is 0.291 e. The Hall–Kier alpha value is -0.0182. The Kier molecular flexibility index (Phi) is 7.26. The van der Waals surface area contributed by atoms with E-state index in [1.165, 1.54) is 44.9 Å². The van der Waals surface area contributed by atoms with Gasteiger partial charge in [-0.25, -0.2) is 0 Å². The summed E-state index contributed by atoms with van der Waals surface area (Å²) in [5, 5.41) is 0.266. The molecule has 1 rings (SSSR count). The molecule has 1 aliphatic carbocycles. The molecule has 0 atom stereocenters. The van der Waals surface area contributed by atoms with Crippen LogP contribution in [0.4, 0.5) is 0 Å².